The first-order valence-corrected chi connectivity index (χ1v) is 4.83. The van der Waals surface area contributed by atoms with Gasteiger partial charge in [0.2, 0.25) is 0 Å². The van der Waals surface area contributed by atoms with Crippen molar-refractivity contribution in [2.45, 2.75) is 33.1 Å². The standard InChI is InChI=1S/C10H16O3/c1-3-13-10(12)9-5-4-8(11)6-7(9)2/h7,9H,3-6H2,1-2H3/t7-,9-/m1/s1. The molecule has 0 saturated heterocycles. The van der Waals surface area contributed by atoms with E-state index in [9.17, 15) is 9.59 Å². The Morgan fingerprint density at radius 2 is 2.31 bits per heavy atom. The fourth-order valence-electron chi connectivity index (χ4n) is 1.80. The molecule has 1 rings (SSSR count). The van der Waals surface area contributed by atoms with Crippen molar-refractivity contribution < 1.29 is 14.3 Å². The minimum absolute atomic E-state index is 0.0577. The van der Waals surface area contributed by atoms with Crippen LogP contribution in [0.1, 0.15) is 33.1 Å². The van der Waals surface area contributed by atoms with Crippen molar-refractivity contribution in [2.24, 2.45) is 11.8 Å². The quantitative estimate of drug-likeness (QED) is 0.611. The molecular weight excluding hydrogens is 168 g/mol. The molecule has 1 aliphatic rings. The fraction of sp³-hybridized carbons (Fsp3) is 0.800. The summed E-state index contributed by atoms with van der Waals surface area (Å²) in [5.41, 5.74) is 0. The van der Waals surface area contributed by atoms with Gasteiger partial charge in [0, 0.05) is 12.8 Å². The van der Waals surface area contributed by atoms with E-state index >= 15 is 0 Å². The highest BCUT2D eigenvalue weighted by molar-refractivity contribution is 5.82. The van der Waals surface area contributed by atoms with Gasteiger partial charge in [-0.05, 0) is 19.3 Å². The Kier molecular flexibility index (Phi) is 3.46. The van der Waals surface area contributed by atoms with Crippen LogP contribution in [0.4, 0.5) is 0 Å². The molecular formula is C10H16O3. The van der Waals surface area contributed by atoms with Gasteiger partial charge in [0.05, 0.1) is 12.5 Å². The number of carbonyl (C=O) groups is 2. The van der Waals surface area contributed by atoms with Crippen molar-refractivity contribution in [1.29, 1.82) is 0 Å². The van der Waals surface area contributed by atoms with Crippen molar-refractivity contribution in [2.75, 3.05) is 6.61 Å². The lowest BCUT2D eigenvalue weighted by atomic mass is 9.80. The van der Waals surface area contributed by atoms with Gasteiger partial charge >= 0.3 is 5.97 Å². The van der Waals surface area contributed by atoms with Crippen molar-refractivity contribution in [3.05, 3.63) is 0 Å². The predicted molar refractivity (Wildman–Crippen MR) is 48.1 cm³/mol. The molecule has 13 heavy (non-hydrogen) atoms. The van der Waals surface area contributed by atoms with E-state index < -0.39 is 0 Å². The first-order valence-electron chi connectivity index (χ1n) is 4.83. The molecule has 0 aromatic heterocycles. The van der Waals surface area contributed by atoms with Crippen LogP contribution in [-0.2, 0) is 14.3 Å². The van der Waals surface area contributed by atoms with Crippen LogP contribution < -0.4 is 0 Å². The van der Waals surface area contributed by atoms with Gasteiger partial charge in [-0.15, -0.1) is 0 Å². The Hall–Kier alpha value is -0.860. The smallest absolute Gasteiger partial charge is 0.309 e. The molecule has 0 bridgehead atoms. The molecule has 0 radical (unpaired) electrons. The Bertz CT molecular complexity index is 210. The number of hydrogen-bond acceptors (Lipinski definition) is 3. The molecule has 0 amide bonds. The van der Waals surface area contributed by atoms with E-state index in [1.165, 1.54) is 0 Å². The van der Waals surface area contributed by atoms with Crippen LogP contribution in [-0.4, -0.2) is 18.4 Å². The minimum atomic E-state index is -0.137. The lowest BCUT2D eigenvalue weighted by Gasteiger charge is -2.25. The third-order valence-electron chi connectivity index (χ3n) is 2.56. The average Bonchev–Trinajstić information content (AvgIpc) is 2.04. The van der Waals surface area contributed by atoms with Gasteiger partial charge in [-0.25, -0.2) is 0 Å². The lowest BCUT2D eigenvalue weighted by molar-refractivity contribution is -0.151. The van der Waals surface area contributed by atoms with Gasteiger partial charge in [0.1, 0.15) is 5.78 Å². The molecule has 0 heterocycles. The normalized spacial score (nSPS) is 28.6. The number of hydrogen-bond donors (Lipinski definition) is 0. The maximum atomic E-state index is 11.4. The number of ether oxygens (including phenoxy) is 1. The van der Waals surface area contributed by atoms with Gasteiger partial charge in [0.15, 0.2) is 0 Å². The van der Waals surface area contributed by atoms with E-state index in [-0.39, 0.29) is 23.6 Å². The van der Waals surface area contributed by atoms with Gasteiger partial charge in [0.25, 0.3) is 0 Å². The van der Waals surface area contributed by atoms with E-state index in [1.807, 2.05) is 6.92 Å². The molecule has 1 saturated carbocycles. The molecule has 1 aliphatic carbocycles. The van der Waals surface area contributed by atoms with Crippen molar-refractivity contribution in [3.8, 4) is 0 Å². The van der Waals surface area contributed by atoms with Gasteiger partial charge < -0.3 is 4.74 Å². The summed E-state index contributed by atoms with van der Waals surface area (Å²) in [4.78, 5) is 22.4. The predicted octanol–water partition coefficient (Wildman–Crippen LogP) is 1.55. The Balaban J connectivity index is 2.50. The van der Waals surface area contributed by atoms with Crippen LogP contribution in [0.15, 0.2) is 0 Å². The molecule has 0 unspecified atom stereocenters. The average molecular weight is 184 g/mol. The summed E-state index contributed by atoms with van der Waals surface area (Å²) in [6.07, 6.45) is 1.73. The topological polar surface area (TPSA) is 43.4 Å². The molecule has 3 heteroatoms. The summed E-state index contributed by atoms with van der Waals surface area (Å²) in [6, 6.07) is 0. The molecule has 74 valence electrons. The Morgan fingerprint density at radius 3 is 2.85 bits per heavy atom. The van der Waals surface area contributed by atoms with E-state index in [1.54, 1.807) is 6.92 Å². The van der Waals surface area contributed by atoms with E-state index in [4.69, 9.17) is 4.74 Å². The van der Waals surface area contributed by atoms with Crippen molar-refractivity contribution in [1.82, 2.24) is 0 Å². The number of Topliss-reactive ketones (excluding diaryl/α,β-unsaturated/α-hetero) is 1. The van der Waals surface area contributed by atoms with Crippen LogP contribution in [0.25, 0.3) is 0 Å². The first-order chi connectivity index (χ1) is 6.15. The molecule has 0 spiro atoms. The summed E-state index contributed by atoms with van der Waals surface area (Å²) >= 11 is 0. The highest BCUT2D eigenvalue weighted by Gasteiger charge is 2.32. The summed E-state index contributed by atoms with van der Waals surface area (Å²) < 4.78 is 4.94. The summed E-state index contributed by atoms with van der Waals surface area (Å²) in [5.74, 6) is 0.230. The first kappa shape index (κ1) is 10.2. The maximum Gasteiger partial charge on any atom is 0.309 e. The molecule has 0 aromatic carbocycles. The molecule has 1 fully saturated rings. The zero-order chi connectivity index (χ0) is 9.84. The van der Waals surface area contributed by atoms with E-state index in [2.05, 4.69) is 0 Å². The number of rotatable bonds is 2. The number of ketones is 1. The second-order valence-electron chi connectivity index (χ2n) is 3.62. The molecule has 0 N–H and O–H groups in total. The Labute approximate surface area is 78.5 Å². The Morgan fingerprint density at radius 1 is 1.62 bits per heavy atom. The highest BCUT2D eigenvalue weighted by Crippen LogP contribution is 2.28. The molecule has 0 aromatic rings. The summed E-state index contributed by atoms with van der Waals surface area (Å²) in [5, 5.41) is 0. The second kappa shape index (κ2) is 4.40. The third kappa shape index (κ3) is 2.54. The van der Waals surface area contributed by atoms with E-state index in [0.717, 1.165) is 0 Å². The largest absolute Gasteiger partial charge is 0.466 e. The zero-order valence-corrected chi connectivity index (χ0v) is 8.21. The molecule has 3 nitrogen and oxygen atoms in total. The lowest BCUT2D eigenvalue weighted by Crippen LogP contribution is -2.30. The van der Waals surface area contributed by atoms with Crippen LogP contribution in [0.2, 0.25) is 0 Å². The maximum absolute atomic E-state index is 11.4. The zero-order valence-electron chi connectivity index (χ0n) is 8.21. The molecule has 2 atom stereocenters. The molecule has 0 aliphatic heterocycles. The minimum Gasteiger partial charge on any atom is -0.466 e. The fourth-order valence-corrected chi connectivity index (χ4v) is 1.80. The number of carbonyl (C=O) groups excluding carboxylic acids is 2. The van der Waals surface area contributed by atoms with Crippen molar-refractivity contribution >= 4 is 11.8 Å². The highest BCUT2D eigenvalue weighted by atomic mass is 16.5. The second-order valence-corrected chi connectivity index (χ2v) is 3.62. The SMILES string of the molecule is CCOC(=O)[C@@H]1CCC(=O)C[C@H]1C. The monoisotopic (exact) mass is 184 g/mol. The van der Waals surface area contributed by atoms with Gasteiger partial charge in [-0.2, -0.15) is 0 Å². The van der Waals surface area contributed by atoms with Crippen LogP contribution in [0, 0.1) is 11.8 Å². The summed E-state index contributed by atoms with van der Waals surface area (Å²) in [6.45, 7) is 4.17. The van der Waals surface area contributed by atoms with Gasteiger partial charge in [-0.1, -0.05) is 6.92 Å². The van der Waals surface area contributed by atoms with Gasteiger partial charge in [-0.3, -0.25) is 9.59 Å². The van der Waals surface area contributed by atoms with Crippen LogP contribution >= 0.6 is 0 Å². The van der Waals surface area contributed by atoms with E-state index in [0.29, 0.717) is 25.9 Å². The summed E-state index contributed by atoms with van der Waals surface area (Å²) in [7, 11) is 0. The number of esters is 1. The third-order valence-corrected chi connectivity index (χ3v) is 2.56. The van der Waals surface area contributed by atoms with Crippen LogP contribution in [0.3, 0.4) is 0 Å². The van der Waals surface area contributed by atoms with Crippen LogP contribution in [0.5, 0.6) is 0 Å². The van der Waals surface area contributed by atoms with Crippen molar-refractivity contribution in [3.63, 3.8) is 0 Å².